The van der Waals surface area contributed by atoms with Crippen LogP contribution in [-0.2, 0) is 4.79 Å². The van der Waals surface area contributed by atoms with E-state index in [2.05, 4.69) is 34.3 Å². The summed E-state index contributed by atoms with van der Waals surface area (Å²) in [7, 11) is 0. The second-order valence-corrected chi connectivity index (χ2v) is 6.89. The van der Waals surface area contributed by atoms with Crippen LogP contribution >= 0.6 is 49.0 Å². The molecule has 0 aromatic heterocycles. The summed E-state index contributed by atoms with van der Waals surface area (Å²) >= 11 is 1.79. The first-order valence-corrected chi connectivity index (χ1v) is 8.88. The Morgan fingerprint density at radius 2 is 1.83 bits per heavy atom. The summed E-state index contributed by atoms with van der Waals surface area (Å²) in [5.41, 5.74) is 0. The van der Waals surface area contributed by atoms with Crippen molar-refractivity contribution >= 4 is 54.9 Å². The van der Waals surface area contributed by atoms with Gasteiger partial charge in [0, 0.05) is 50.9 Å². The van der Waals surface area contributed by atoms with Crippen LogP contribution in [0.4, 0.5) is 0 Å². The van der Waals surface area contributed by atoms with Crippen LogP contribution in [0.5, 0.6) is 0 Å². The van der Waals surface area contributed by atoms with E-state index in [1.165, 1.54) is 13.1 Å². The van der Waals surface area contributed by atoms with Crippen LogP contribution in [0.25, 0.3) is 0 Å². The van der Waals surface area contributed by atoms with Gasteiger partial charge in [-0.2, -0.15) is 0 Å². The standard InChI is InChI=1S/C14H28N4OS.3ClH/c1-3-17-4-6-18(7-5-17)9-12(2)8-15-14(19)13-10-20-11-16-13;;;/h12-13,16H,3-11H2,1-2H3,(H,15,19);3*1H. The van der Waals surface area contributed by atoms with Crippen LogP contribution in [-0.4, -0.2) is 79.2 Å². The van der Waals surface area contributed by atoms with Gasteiger partial charge in [0.15, 0.2) is 0 Å². The van der Waals surface area contributed by atoms with Crippen LogP contribution in [0.1, 0.15) is 13.8 Å². The Bertz CT molecular complexity index is 314. The van der Waals surface area contributed by atoms with Crippen molar-refractivity contribution in [2.24, 2.45) is 5.92 Å². The van der Waals surface area contributed by atoms with E-state index in [0.29, 0.717) is 5.92 Å². The monoisotopic (exact) mass is 408 g/mol. The van der Waals surface area contributed by atoms with Gasteiger partial charge < -0.3 is 15.1 Å². The first kappa shape index (κ1) is 25.8. The zero-order valence-corrected chi connectivity index (χ0v) is 17.2. The zero-order chi connectivity index (χ0) is 14.4. The highest BCUT2D eigenvalue weighted by Crippen LogP contribution is 2.10. The number of hydrogen-bond acceptors (Lipinski definition) is 5. The average molecular weight is 410 g/mol. The maximum atomic E-state index is 11.9. The molecule has 0 aromatic rings. The molecule has 2 saturated heterocycles. The van der Waals surface area contributed by atoms with Gasteiger partial charge in [0.05, 0.1) is 6.04 Å². The minimum Gasteiger partial charge on any atom is -0.354 e. The van der Waals surface area contributed by atoms with Crippen LogP contribution in [0.2, 0.25) is 0 Å². The van der Waals surface area contributed by atoms with E-state index in [-0.39, 0.29) is 49.2 Å². The molecule has 0 radical (unpaired) electrons. The second-order valence-electron chi connectivity index (χ2n) is 5.86. The third-order valence-corrected chi connectivity index (χ3v) is 5.08. The maximum Gasteiger partial charge on any atom is 0.238 e. The number of amides is 1. The smallest absolute Gasteiger partial charge is 0.238 e. The SMILES string of the molecule is CCN1CCN(CC(C)CNC(=O)C2CSCN2)CC1.Cl.Cl.Cl. The molecule has 0 bridgehead atoms. The Morgan fingerprint density at radius 1 is 1.22 bits per heavy atom. The minimum absolute atomic E-state index is 0. The third-order valence-electron chi connectivity index (χ3n) is 4.14. The van der Waals surface area contributed by atoms with Crippen molar-refractivity contribution in [1.82, 2.24) is 20.4 Å². The number of nitrogens with zero attached hydrogens (tertiary/aromatic N) is 2. The van der Waals surface area contributed by atoms with Gasteiger partial charge >= 0.3 is 0 Å². The van der Waals surface area contributed by atoms with Gasteiger partial charge in [-0.05, 0) is 12.5 Å². The molecule has 0 saturated carbocycles. The van der Waals surface area contributed by atoms with Gasteiger partial charge in [-0.15, -0.1) is 49.0 Å². The maximum absolute atomic E-state index is 11.9. The largest absolute Gasteiger partial charge is 0.354 e. The molecule has 2 aliphatic heterocycles. The van der Waals surface area contributed by atoms with Crippen molar-refractivity contribution < 1.29 is 4.79 Å². The zero-order valence-electron chi connectivity index (χ0n) is 14.0. The molecular weight excluding hydrogens is 379 g/mol. The van der Waals surface area contributed by atoms with E-state index in [1.807, 2.05) is 0 Å². The quantitative estimate of drug-likeness (QED) is 0.692. The van der Waals surface area contributed by atoms with Crippen LogP contribution < -0.4 is 10.6 Å². The first-order valence-electron chi connectivity index (χ1n) is 7.72. The fourth-order valence-electron chi connectivity index (χ4n) is 2.76. The molecule has 2 unspecified atom stereocenters. The molecule has 0 aromatic carbocycles. The van der Waals surface area contributed by atoms with E-state index < -0.39 is 0 Å². The summed E-state index contributed by atoms with van der Waals surface area (Å²) in [5.74, 6) is 2.48. The van der Waals surface area contributed by atoms with E-state index in [1.54, 1.807) is 11.8 Å². The average Bonchev–Trinajstić information content (AvgIpc) is 3.00. The Hall–Kier alpha value is 0.570. The lowest BCUT2D eigenvalue weighted by Crippen LogP contribution is -2.49. The molecular formula is C14H31Cl3N4OS. The fraction of sp³-hybridized carbons (Fsp3) is 0.929. The number of thioether (sulfide) groups is 1. The highest BCUT2D eigenvalue weighted by atomic mass is 35.5. The number of hydrogen-bond donors (Lipinski definition) is 2. The summed E-state index contributed by atoms with van der Waals surface area (Å²) in [6.07, 6.45) is 0. The third kappa shape index (κ3) is 9.00. The number of likely N-dealkylation sites (N-methyl/N-ethyl adjacent to an activating group) is 1. The van der Waals surface area contributed by atoms with Crippen molar-refractivity contribution in [3.05, 3.63) is 0 Å². The lowest BCUT2D eigenvalue weighted by Gasteiger charge is -2.35. The number of carbonyl (C=O) groups excluding carboxylic acids is 1. The minimum atomic E-state index is 0. The molecule has 2 heterocycles. The lowest BCUT2D eigenvalue weighted by molar-refractivity contribution is -0.122. The number of rotatable bonds is 6. The summed E-state index contributed by atoms with van der Waals surface area (Å²) in [6, 6.07) is 0.0142. The molecule has 2 aliphatic rings. The molecule has 2 atom stereocenters. The molecule has 9 heteroatoms. The van der Waals surface area contributed by atoms with Gasteiger partial charge in [0.2, 0.25) is 5.91 Å². The topological polar surface area (TPSA) is 47.6 Å². The molecule has 0 aliphatic carbocycles. The number of carbonyl (C=O) groups is 1. The second kappa shape index (κ2) is 13.8. The van der Waals surface area contributed by atoms with Crippen molar-refractivity contribution in [2.45, 2.75) is 19.9 Å². The summed E-state index contributed by atoms with van der Waals surface area (Å²) in [6.45, 7) is 12.2. The molecule has 2 fully saturated rings. The highest BCUT2D eigenvalue weighted by molar-refractivity contribution is 7.99. The number of halogens is 3. The Kier molecular flexibility index (Phi) is 15.5. The van der Waals surface area contributed by atoms with Gasteiger partial charge in [0.1, 0.15) is 0 Å². The van der Waals surface area contributed by atoms with E-state index in [0.717, 1.165) is 44.4 Å². The predicted molar refractivity (Wildman–Crippen MR) is 107 cm³/mol. The Balaban J connectivity index is 0. The van der Waals surface area contributed by atoms with Crippen LogP contribution in [0.15, 0.2) is 0 Å². The van der Waals surface area contributed by atoms with E-state index in [9.17, 15) is 4.79 Å². The molecule has 140 valence electrons. The molecule has 5 nitrogen and oxygen atoms in total. The summed E-state index contributed by atoms with van der Waals surface area (Å²) < 4.78 is 0. The number of nitrogens with one attached hydrogen (secondary N) is 2. The predicted octanol–water partition coefficient (Wildman–Crippen LogP) is 1.30. The normalized spacial score (nSPS) is 23.1. The van der Waals surface area contributed by atoms with Crippen molar-refractivity contribution in [3.63, 3.8) is 0 Å². The lowest BCUT2D eigenvalue weighted by atomic mass is 10.1. The molecule has 0 spiro atoms. The molecule has 1 amide bonds. The van der Waals surface area contributed by atoms with Crippen LogP contribution in [0.3, 0.4) is 0 Å². The summed E-state index contributed by atoms with van der Waals surface area (Å²) in [5, 5.41) is 6.29. The van der Waals surface area contributed by atoms with Gasteiger partial charge in [-0.3, -0.25) is 10.1 Å². The fourth-order valence-corrected chi connectivity index (χ4v) is 3.70. The number of piperazine rings is 1. The van der Waals surface area contributed by atoms with Crippen molar-refractivity contribution in [2.75, 3.05) is 57.4 Å². The van der Waals surface area contributed by atoms with Crippen molar-refractivity contribution in [1.29, 1.82) is 0 Å². The Labute approximate surface area is 163 Å². The highest BCUT2D eigenvalue weighted by Gasteiger charge is 2.23. The van der Waals surface area contributed by atoms with Gasteiger partial charge in [-0.25, -0.2) is 0 Å². The van der Waals surface area contributed by atoms with Crippen LogP contribution in [0, 0.1) is 5.92 Å². The first-order chi connectivity index (χ1) is 9.69. The van der Waals surface area contributed by atoms with Crippen molar-refractivity contribution in [3.8, 4) is 0 Å². The van der Waals surface area contributed by atoms with E-state index in [4.69, 9.17) is 0 Å². The van der Waals surface area contributed by atoms with Gasteiger partial charge in [-0.1, -0.05) is 13.8 Å². The molecule has 2 rings (SSSR count). The van der Waals surface area contributed by atoms with E-state index >= 15 is 0 Å². The van der Waals surface area contributed by atoms with Gasteiger partial charge in [0.25, 0.3) is 0 Å². The Morgan fingerprint density at radius 3 is 2.35 bits per heavy atom. The molecule has 2 N–H and O–H groups in total. The summed E-state index contributed by atoms with van der Waals surface area (Å²) in [4.78, 5) is 16.9. The molecule has 23 heavy (non-hydrogen) atoms.